The Morgan fingerprint density at radius 2 is 1.88 bits per heavy atom. The zero-order valence-corrected chi connectivity index (χ0v) is 15.6. The van der Waals surface area contributed by atoms with E-state index in [-0.39, 0.29) is 6.04 Å². The third-order valence-corrected chi connectivity index (χ3v) is 5.07. The van der Waals surface area contributed by atoms with Crippen molar-refractivity contribution in [2.24, 2.45) is 0 Å². The molecule has 0 spiro atoms. The first kappa shape index (κ1) is 19.9. The molecule has 0 aromatic carbocycles. The number of nitrogens with zero attached hydrogens (tertiary/aromatic N) is 4. The van der Waals surface area contributed by atoms with Crippen molar-refractivity contribution >= 4 is 16.4 Å². The van der Waals surface area contributed by atoms with Crippen LogP contribution in [0.15, 0.2) is 0 Å². The van der Waals surface area contributed by atoms with Crippen LogP contribution in [0.2, 0.25) is 0 Å². The van der Waals surface area contributed by atoms with Crippen LogP contribution in [-0.2, 0) is 19.0 Å². The number of carbonyl (C=O) groups is 1. The number of amides is 2. The van der Waals surface area contributed by atoms with E-state index in [9.17, 15) is 13.2 Å². The summed E-state index contributed by atoms with van der Waals surface area (Å²) in [7, 11) is -4.39. The average Bonchev–Trinajstić information content (AvgIpc) is 2.82. The van der Waals surface area contributed by atoms with E-state index in [0.29, 0.717) is 32.5 Å². The number of hydroxylamine groups is 4. The van der Waals surface area contributed by atoms with Gasteiger partial charge in [-0.05, 0) is 19.3 Å². The summed E-state index contributed by atoms with van der Waals surface area (Å²) in [5, 5.41) is 2.22. The Balaban J connectivity index is 2.00. The highest BCUT2D eigenvalue weighted by molar-refractivity contribution is 7.81. The molecule has 0 N–H and O–H groups in total. The number of fused-ring (bicyclic) bond motifs is 2. The summed E-state index contributed by atoms with van der Waals surface area (Å²) in [6, 6.07) is -0.965. The maximum absolute atomic E-state index is 12.3. The largest absolute Gasteiger partial charge is 0.437 e. The van der Waals surface area contributed by atoms with E-state index in [0.717, 1.165) is 30.7 Å². The molecule has 2 amide bonds. The fourth-order valence-electron chi connectivity index (χ4n) is 2.94. The summed E-state index contributed by atoms with van der Waals surface area (Å²) in [6.07, 6.45) is 3.90. The van der Waals surface area contributed by atoms with Crippen LogP contribution < -0.4 is 0 Å². The van der Waals surface area contributed by atoms with Gasteiger partial charge in [-0.2, -0.15) is 22.8 Å². The van der Waals surface area contributed by atoms with E-state index in [1.807, 2.05) is 13.8 Å². The first-order chi connectivity index (χ1) is 11.9. The van der Waals surface area contributed by atoms with Gasteiger partial charge < -0.3 is 0 Å². The summed E-state index contributed by atoms with van der Waals surface area (Å²) in [6.45, 7) is 12.4. The minimum Gasteiger partial charge on any atom is -0.290 e. The summed E-state index contributed by atoms with van der Waals surface area (Å²) in [5.41, 5.74) is 0. The van der Waals surface area contributed by atoms with Crippen LogP contribution in [0.1, 0.15) is 52.4 Å². The van der Waals surface area contributed by atoms with Gasteiger partial charge in [0.15, 0.2) is 0 Å². The molecule has 2 aliphatic rings. The van der Waals surface area contributed by atoms with Crippen molar-refractivity contribution in [2.45, 2.75) is 64.6 Å². The lowest BCUT2D eigenvalue weighted by molar-refractivity contribution is -0.102. The lowest BCUT2D eigenvalue weighted by Crippen LogP contribution is -2.39. The van der Waals surface area contributed by atoms with Gasteiger partial charge in [0.05, 0.1) is 12.6 Å². The minimum absolute atomic E-state index is 0.302. The number of urea groups is 1. The lowest BCUT2D eigenvalue weighted by Gasteiger charge is -2.24. The molecule has 142 valence electrons. The second-order valence-corrected chi connectivity index (χ2v) is 7.41. The van der Waals surface area contributed by atoms with Crippen LogP contribution in [0.5, 0.6) is 0 Å². The zero-order chi connectivity index (χ0) is 18.4. The summed E-state index contributed by atoms with van der Waals surface area (Å²) in [5.74, 6) is 0. The van der Waals surface area contributed by atoms with Gasteiger partial charge in [-0.25, -0.2) is 11.4 Å². The first-order valence-corrected chi connectivity index (χ1v) is 10.1. The quantitative estimate of drug-likeness (QED) is 0.430. The topological polar surface area (TPSA) is 83.8 Å². The van der Waals surface area contributed by atoms with Gasteiger partial charge in [-0.15, -0.1) is 4.28 Å². The van der Waals surface area contributed by atoms with Crippen molar-refractivity contribution < 1.29 is 21.8 Å². The molecule has 9 nitrogen and oxygen atoms in total. The van der Waals surface area contributed by atoms with Crippen LogP contribution in [0.4, 0.5) is 4.79 Å². The second kappa shape index (κ2) is 8.80. The average molecular weight is 374 g/mol. The zero-order valence-electron chi connectivity index (χ0n) is 14.8. The van der Waals surface area contributed by atoms with Gasteiger partial charge in [-0.1, -0.05) is 26.7 Å². The SMILES string of the molecule is [C-]#[N+][C@@H]1CC[C@@H]2CN1C(=O)N2OS(=O)(=O)ON(CCCC)CCCC. The number of unbranched alkanes of at least 4 members (excludes halogenated alkanes) is 2. The fraction of sp³-hybridized carbons (Fsp3) is 0.867. The molecule has 2 bridgehead atoms. The molecule has 0 aromatic heterocycles. The molecule has 0 radical (unpaired) electrons. The van der Waals surface area contributed by atoms with Crippen LogP contribution in [0, 0.1) is 6.57 Å². The summed E-state index contributed by atoms with van der Waals surface area (Å²) in [4.78, 5) is 17.1. The Morgan fingerprint density at radius 1 is 1.24 bits per heavy atom. The van der Waals surface area contributed by atoms with E-state index in [4.69, 9.17) is 15.1 Å². The number of rotatable bonds is 10. The van der Waals surface area contributed by atoms with Crippen molar-refractivity contribution in [3.63, 3.8) is 0 Å². The first-order valence-electron chi connectivity index (χ1n) is 8.77. The van der Waals surface area contributed by atoms with Gasteiger partial charge in [0.1, 0.15) is 0 Å². The Kier molecular flexibility index (Phi) is 7.01. The van der Waals surface area contributed by atoms with E-state index in [2.05, 4.69) is 4.85 Å². The third kappa shape index (κ3) is 5.04. The third-order valence-electron chi connectivity index (χ3n) is 4.33. The smallest absolute Gasteiger partial charge is 0.290 e. The molecule has 10 heteroatoms. The fourth-order valence-corrected chi connectivity index (χ4v) is 3.76. The normalized spacial score (nSPS) is 23.4. The van der Waals surface area contributed by atoms with E-state index in [1.54, 1.807) is 0 Å². The van der Waals surface area contributed by atoms with Crippen molar-refractivity contribution in [2.75, 3.05) is 19.6 Å². The van der Waals surface area contributed by atoms with E-state index < -0.39 is 22.6 Å². The van der Waals surface area contributed by atoms with Gasteiger partial charge in [0.25, 0.3) is 0 Å². The van der Waals surface area contributed by atoms with Crippen LogP contribution in [-0.4, -0.2) is 61.3 Å². The van der Waals surface area contributed by atoms with E-state index >= 15 is 0 Å². The predicted octanol–water partition coefficient (Wildman–Crippen LogP) is 2.14. The van der Waals surface area contributed by atoms with Crippen LogP contribution in [0.3, 0.4) is 0 Å². The van der Waals surface area contributed by atoms with Crippen molar-refractivity contribution in [3.05, 3.63) is 11.4 Å². The molecule has 0 saturated carbocycles. The molecular weight excluding hydrogens is 348 g/mol. The lowest BCUT2D eigenvalue weighted by atomic mass is 10.1. The van der Waals surface area contributed by atoms with Crippen molar-refractivity contribution in [3.8, 4) is 0 Å². The predicted molar refractivity (Wildman–Crippen MR) is 89.8 cm³/mol. The molecule has 25 heavy (non-hydrogen) atoms. The van der Waals surface area contributed by atoms with Gasteiger partial charge in [-0.3, -0.25) is 9.74 Å². The molecule has 0 unspecified atom stereocenters. The summed E-state index contributed by atoms with van der Waals surface area (Å²) < 4.78 is 34.5. The maximum atomic E-state index is 12.3. The Hall–Kier alpha value is -1.41. The Bertz CT molecular complexity index is 598. The highest BCUT2D eigenvalue weighted by Gasteiger charge is 2.50. The Morgan fingerprint density at radius 3 is 2.44 bits per heavy atom. The second-order valence-electron chi connectivity index (χ2n) is 6.30. The minimum atomic E-state index is -4.39. The number of hydrogen-bond acceptors (Lipinski definition) is 6. The highest BCUT2D eigenvalue weighted by Crippen LogP contribution is 2.31. The number of piperidine rings is 1. The molecule has 2 saturated heterocycles. The van der Waals surface area contributed by atoms with Gasteiger partial charge >= 0.3 is 22.6 Å². The molecule has 0 aromatic rings. The number of hydrogen-bond donors (Lipinski definition) is 0. The molecule has 0 aliphatic carbocycles. The molecule has 2 heterocycles. The highest BCUT2D eigenvalue weighted by atomic mass is 32.3. The maximum Gasteiger partial charge on any atom is 0.437 e. The number of carbonyl (C=O) groups excluding carboxylic acids is 1. The van der Waals surface area contributed by atoms with Crippen molar-refractivity contribution in [1.29, 1.82) is 0 Å². The molecule has 2 atom stereocenters. The van der Waals surface area contributed by atoms with Gasteiger partial charge in [0, 0.05) is 19.5 Å². The standard InChI is InChI=1S/C15H26N4O5S/c1-4-6-10-17(11-7-5-2)23-25(21,22)24-19-13-8-9-14(16-3)18(12-13)15(19)20/h13-14H,4-12H2,1-2H3/t13-,14+/m1/s1. The van der Waals surface area contributed by atoms with Crippen molar-refractivity contribution in [1.82, 2.24) is 15.0 Å². The molecule has 2 fully saturated rings. The van der Waals surface area contributed by atoms with Crippen LogP contribution >= 0.6 is 0 Å². The van der Waals surface area contributed by atoms with Crippen LogP contribution in [0.25, 0.3) is 4.85 Å². The van der Waals surface area contributed by atoms with Gasteiger partial charge in [0.2, 0.25) is 0 Å². The molecular formula is C15H26N4O5S. The monoisotopic (exact) mass is 374 g/mol. The van der Waals surface area contributed by atoms with E-state index in [1.165, 1.54) is 9.96 Å². The Labute approximate surface area is 149 Å². The molecule has 2 aliphatic heterocycles. The molecule has 2 rings (SSSR count). The summed E-state index contributed by atoms with van der Waals surface area (Å²) >= 11 is 0.